The first-order valence-corrected chi connectivity index (χ1v) is 10.8. The zero-order valence-corrected chi connectivity index (χ0v) is 16.4. The quantitative estimate of drug-likeness (QED) is 0.584. The van der Waals surface area contributed by atoms with Gasteiger partial charge in [-0.05, 0) is 29.2 Å². The van der Waals surface area contributed by atoms with Crippen LogP contribution in [0.4, 0.5) is 0 Å². The fourth-order valence-corrected chi connectivity index (χ4v) is 5.47. The Morgan fingerprint density at radius 3 is 2.39 bits per heavy atom. The van der Waals surface area contributed by atoms with Crippen molar-refractivity contribution in [2.75, 3.05) is 12.3 Å². The van der Waals surface area contributed by atoms with Crippen LogP contribution in [0.1, 0.15) is 29.3 Å². The van der Waals surface area contributed by atoms with Gasteiger partial charge in [0.1, 0.15) is 12.3 Å². The number of primary amides is 1. The fourth-order valence-electron chi connectivity index (χ4n) is 3.63. The van der Waals surface area contributed by atoms with Gasteiger partial charge in [-0.25, -0.2) is 18.4 Å². The van der Waals surface area contributed by atoms with E-state index < -0.39 is 44.0 Å². The van der Waals surface area contributed by atoms with Crippen LogP contribution in [0.15, 0.2) is 48.5 Å². The average Bonchev–Trinajstić information content (AvgIpc) is 2.92. The van der Waals surface area contributed by atoms with Crippen molar-refractivity contribution in [2.45, 2.75) is 25.1 Å². The van der Waals surface area contributed by atoms with Crippen molar-refractivity contribution >= 4 is 21.7 Å². The Kier molecular flexibility index (Phi) is 5.38. The van der Waals surface area contributed by atoms with Gasteiger partial charge in [-0.1, -0.05) is 60.5 Å². The third-order valence-corrected chi connectivity index (χ3v) is 7.01. The molecule has 2 atom stereocenters. The normalized spacial score (nSPS) is 23.4. The number of benzene rings is 2. The van der Waals surface area contributed by atoms with E-state index in [0.717, 1.165) is 18.4 Å². The van der Waals surface area contributed by atoms with Crippen molar-refractivity contribution < 1.29 is 27.9 Å². The van der Waals surface area contributed by atoms with Crippen molar-refractivity contribution in [2.24, 2.45) is 5.73 Å². The van der Waals surface area contributed by atoms with Gasteiger partial charge in [0.15, 0.2) is 0 Å². The molecule has 0 aromatic heterocycles. The molecule has 0 aliphatic carbocycles. The summed E-state index contributed by atoms with van der Waals surface area (Å²) in [6, 6.07) is 14.3. The van der Waals surface area contributed by atoms with E-state index in [1.54, 1.807) is 18.2 Å². The molecule has 2 aromatic rings. The van der Waals surface area contributed by atoms with E-state index >= 15 is 0 Å². The number of carbonyl (C=O) groups is 2. The van der Waals surface area contributed by atoms with Crippen molar-refractivity contribution in [1.29, 1.82) is 0 Å². The second-order valence-corrected chi connectivity index (χ2v) is 9.15. The Hall–Kier alpha value is -2.55. The average molecular weight is 403 g/mol. The number of rotatable bonds is 5. The number of amides is 2. The van der Waals surface area contributed by atoms with Crippen LogP contribution in [0.5, 0.6) is 0 Å². The van der Waals surface area contributed by atoms with Crippen LogP contribution < -0.4 is 5.73 Å². The number of hydrogen-bond donors (Lipinski definition) is 2. The minimum atomic E-state index is -4.01. The summed E-state index contributed by atoms with van der Waals surface area (Å²) in [5.74, 6) is -2.59. The molecule has 148 valence electrons. The molecule has 8 heteroatoms. The lowest BCUT2D eigenvalue weighted by molar-refractivity contribution is -1.03. The summed E-state index contributed by atoms with van der Waals surface area (Å²) in [5, 5.41) is 8.87. The van der Waals surface area contributed by atoms with Crippen molar-refractivity contribution in [1.82, 2.24) is 0 Å². The fraction of sp³-hybridized carbons (Fsp3) is 0.300. The standard InChI is InChI=1S/C20H22N2O5S/c1-2-5-14-8-10-15(11-9-14)16-6-3-4-7-17(16)19(24)22(25)12-13-28(26,27)20(22)18(21)23/h3-4,6-11,20,25H,2,5,12-13H2,1H3,(H-,21,23)/p+1/t20?,22-/m1/s1. The molecule has 1 heterocycles. The molecular formula is C20H23N2O5S+. The molecule has 0 radical (unpaired) electrons. The van der Waals surface area contributed by atoms with Gasteiger partial charge < -0.3 is 5.73 Å². The molecular weight excluding hydrogens is 380 g/mol. The maximum Gasteiger partial charge on any atom is 0.380 e. The summed E-state index contributed by atoms with van der Waals surface area (Å²) in [5.41, 5.74) is 7.82. The number of quaternary nitrogens is 1. The summed E-state index contributed by atoms with van der Waals surface area (Å²) < 4.78 is 22.8. The van der Waals surface area contributed by atoms with Crippen LogP contribution in [0.2, 0.25) is 0 Å². The molecule has 0 spiro atoms. The number of aryl methyl sites for hydroxylation is 1. The molecule has 0 bridgehead atoms. The lowest BCUT2D eigenvalue weighted by Gasteiger charge is -2.26. The maximum absolute atomic E-state index is 13.2. The number of carbonyl (C=O) groups excluding carboxylic acids is 2. The SMILES string of the molecule is CCCc1ccc(-c2ccccc2C(=O)[N@+]2(O)CCS(=O)(=O)C2C(N)=O)cc1. The second-order valence-electron chi connectivity index (χ2n) is 6.97. The summed E-state index contributed by atoms with van der Waals surface area (Å²) >= 11 is 0. The van der Waals surface area contributed by atoms with Gasteiger partial charge in [-0.3, -0.25) is 4.79 Å². The summed E-state index contributed by atoms with van der Waals surface area (Å²) in [6.45, 7) is 1.67. The highest BCUT2D eigenvalue weighted by molar-refractivity contribution is 7.92. The van der Waals surface area contributed by atoms with Crippen molar-refractivity contribution in [3.63, 3.8) is 0 Å². The van der Waals surface area contributed by atoms with E-state index in [1.807, 2.05) is 24.3 Å². The Morgan fingerprint density at radius 1 is 1.14 bits per heavy atom. The van der Waals surface area contributed by atoms with Gasteiger partial charge in [0.25, 0.3) is 5.91 Å². The first-order valence-electron chi connectivity index (χ1n) is 9.05. The molecule has 7 nitrogen and oxygen atoms in total. The molecule has 1 aliphatic heterocycles. The molecule has 2 amide bonds. The highest BCUT2D eigenvalue weighted by Gasteiger charge is 2.61. The van der Waals surface area contributed by atoms with Crippen molar-refractivity contribution in [3.8, 4) is 11.1 Å². The minimum Gasteiger partial charge on any atom is -0.363 e. The van der Waals surface area contributed by atoms with Crippen LogP contribution in [0.3, 0.4) is 0 Å². The highest BCUT2D eigenvalue weighted by atomic mass is 32.2. The number of hydroxylamine groups is 3. The summed E-state index contributed by atoms with van der Waals surface area (Å²) in [7, 11) is -4.01. The lowest BCUT2D eigenvalue weighted by atomic mass is 9.97. The highest BCUT2D eigenvalue weighted by Crippen LogP contribution is 2.32. The van der Waals surface area contributed by atoms with E-state index in [1.165, 1.54) is 11.6 Å². The Morgan fingerprint density at radius 2 is 1.79 bits per heavy atom. The van der Waals surface area contributed by atoms with Crippen LogP contribution >= 0.6 is 0 Å². The van der Waals surface area contributed by atoms with Crippen molar-refractivity contribution in [3.05, 3.63) is 59.7 Å². The van der Waals surface area contributed by atoms with E-state index in [9.17, 15) is 23.2 Å². The summed E-state index contributed by atoms with van der Waals surface area (Å²) in [4.78, 5) is 24.9. The molecule has 2 aromatic carbocycles. The monoisotopic (exact) mass is 403 g/mol. The molecule has 3 rings (SSSR count). The van der Waals surface area contributed by atoms with Gasteiger partial charge in [-0.2, -0.15) is 0 Å². The van der Waals surface area contributed by atoms with Gasteiger partial charge in [0.2, 0.25) is 9.84 Å². The minimum absolute atomic E-state index is 0.136. The third-order valence-electron chi connectivity index (χ3n) is 5.00. The number of sulfone groups is 1. The molecule has 0 saturated carbocycles. The molecule has 28 heavy (non-hydrogen) atoms. The Balaban J connectivity index is 2.05. The summed E-state index contributed by atoms with van der Waals surface area (Å²) in [6.07, 6.45) is 1.96. The van der Waals surface area contributed by atoms with Crippen LogP contribution in [-0.2, 0) is 21.1 Å². The van der Waals surface area contributed by atoms with E-state index in [2.05, 4.69) is 6.92 Å². The zero-order chi connectivity index (χ0) is 20.5. The predicted molar refractivity (Wildman–Crippen MR) is 104 cm³/mol. The molecule has 1 fully saturated rings. The maximum atomic E-state index is 13.2. The third kappa shape index (κ3) is 3.46. The zero-order valence-electron chi connectivity index (χ0n) is 15.5. The molecule has 1 unspecified atom stereocenters. The lowest BCUT2D eigenvalue weighted by Crippen LogP contribution is -2.59. The Labute approximate surface area is 163 Å². The van der Waals surface area contributed by atoms with Gasteiger partial charge >= 0.3 is 11.3 Å². The van der Waals surface area contributed by atoms with Gasteiger partial charge in [0.05, 0.1) is 5.56 Å². The van der Waals surface area contributed by atoms with Gasteiger partial charge in [-0.15, -0.1) is 0 Å². The smallest absolute Gasteiger partial charge is 0.363 e. The molecule has 3 N–H and O–H groups in total. The topological polar surface area (TPSA) is 115 Å². The van der Waals surface area contributed by atoms with E-state index in [0.29, 0.717) is 5.56 Å². The Bertz CT molecular complexity index is 1020. The first-order chi connectivity index (χ1) is 13.2. The number of nitrogens with two attached hydrogens (primary N) is 1. The van der Waals surface area contributed by atoms with Gasteiger partial charge in [0, 0.05) is 0 Å². The number of hydrogen-bond acceptors (Lipinski definition) is 5. The van der Waals surface area contributed by atoms with Crippen LogP contribution in [0, 0.1) is 0 Å². The molecule has 1 aliphatic rings. The van der Waals surface area contributed by atoms with E-state index in [4.69, 9.17) is 5.73 Å². The predicted octanol–water partition coefficient (Wildman–Crippen LogP) is 1.89. The van der Waals surface area contributed by atoms with Crippen LogP contribution in [0.25, 0.3) is 11.1 Å². The largest absolute Gasteiger partial charge is 0.380 e. The second kappa shape index (κ2) is 7.46. The molecule has 1 saturated heterocycles. The van der Waals surface area contributed by atoms with Crippen LogP contribution in [-0.4, -0.2) is 47.8 Å². The van der Waals surface area contributed by atoms with E-state index in [-0.39, 0.29) is 5.56 Å². The number of nitrogens with zero attached hydrogens (tertiary/aromatic N) is 1. The first kappa shape index (κ1) is 20.2.